The number of carbonyl (C=O) groups excluding carboxylic acids is 1. The second-order valence-corrected chi connectivity index (χ2v) is 6.43. The van der Waals surface area contributed by atoms with Crippen LogP contribution in [-0.2, 0) is 0 Å². The van der Waals surface area contributed by atoms with Crippen LogP contribution in [0, 0.1) is 9.49 Å². The molecule has 1 atom stereocenters. The minimum atomic E-state index is 0.0975. The summed E-state index contributed by atoms with van der Waals surface area (Å²) in [6.07, 6.45) is 1.08. The summed E-state index contributed by atoms with van der Waals surface area (Å²) in [4.78, 5) is 14.2. The number of amides is 1. The molecule has 0 aliphatic carbocycles. The van der Waals surface area contributed by atoms with E-state index in [-0.39, 0.29) is 5.91 Å². The van der Waals surface area contributed by atoms with Crippen LogP contribution >= 0.6 is 50.1 Å². The first kappa shape index (κ1) is 13.6. The van der Waals surface area contributed by atoms with Gasteiger partial charge < -0.3 is 4.90 Å². The summed E-state index contributed by atoms with van der Waals surface area (Å²) >= 11 is 11.6. The fourth-order valence-electron chi connectivity index (χ4n) is 1.97. The summed E-state index contributed by atoms with van der Waals surface area (Å²) in [6.45, 7) is 1.68. The third-order valence-corrected chi connectivity index (χ3v) is 5.04. The van der Waals surface area contributed by atoms with E-state index in [9.17, 15) is 4.79 Å². The first-order valence-electron chi connectivity index (χ1n) is 5.42. The molecule has 1 amide bonds. The number of benzene rings is 1. The van der Waals surface area contributed by atoms with E-state index in [0.717, 1.165) is 28.4 Å². The molecule has 1 saturated heterocycles. The van der Waals surface area contributed by atoms with Crippen LogP contribution in [0.5, 0.6) is 0 Å². The van der Waals surface area contributed by atoms with Gasteiger partial charge in [0.25, 0.3) is 5.91 Å². The van der Waals surface area contributed by atoms with Crippen LogP contribution < -0.4 is 0 Å². The lowest BCUT2D eigenvalue weighted by Gasteiger charge is -2.17. The van der Waals surface area contributed by atoms with E-state index in [1.54, 1.807) is 6.07 Å². The van der Waals surface area contributed by atoms with Crippen molar-refractivity contribution in [2.75, 3.05) is 18.4 Å². The summed E-state index contributed by atoms with van der Waals surface area (Å²) in [5.41, 5.74) is 0.716. The maximum absolute atomic E-state index is 12.3. The number of carbonyl (C=O) groups is 1. The second-order valence-electron chi connectivity index (χ2n) is 4.18. The Bertz CT molecular complexity index is 441. The molecule has 17 heavy (non-hydrogen) atoms. The van der Waals surface area contributed by atoms with Gasteiger partial charge in [-0.3, -0.25) is 4.79 Å². The molecule has 1 aromatic carbocycles. The van der Waals surface area contributed by atoms with Gasteiger partial charge in [-0.2, -0.15) is 0 Å². The van der Waals surface area contributed by atoms with E-state index in [0.29, 0.717) is 16.5 Å². The lowest BCUT2D eigenvalue weighted by molar-refractivity contribution is 0.0787. The van der Waals surface area contributed by atoms with Gasteiger partial charge in [0.2, 0.25) is 0 Å². The van der Waals surface area contributed by atoms with E-state index >= 15 is 0 Å². The SMILES string of the molecule is O=C(c1cc(Cl)ccc1I)N1CCC(CBr)C1. The standard InChI is InChI=1S/C12H12BrClINO/c13-6-8-3-4-16(7-8)12(17)10-5-9(14)1-2-11(10)15/h1-2,5,8H,3-4,6-7H2. The number of alkyl halides is 1. The van der Waals surface area contributed by atoms with Crippen LogP contribution in [0.1, 0.15) is 16.8 Å². The van der Waals surface area contributed by atoms with Crippen molar-refractivity contribution in [1.82, 2.24) is 4.90 Å². The van der Waals surface area contributed by atoms with E-state index < -0.39 is 0 Å². The largest absolute Gasteiger partial charge is 0.338 e. The molecule has 0 spiro atoms. The Morgan fingerprint density at radius 1 is 1.59 bits per heavy atom. The van der Waals surface area contributed by atoms with Crippen LogP contribution in [0.15, 0.2) is 18.2 Å². The predicted molar refractivity (Wildman–Crippen MR) is 82.0 cm³/mol. The van der Waals surface area contributed by atoms with Gasteiger partial charge in [-0.15, -0.1) is 0 Å². The van der Waals surface area contributed by atoms with E-state index in [2.05, 4.69) is 38.5 Å². The highest BCUT2D eigenvalue weighted by Crippen LogP contribution is 2.24. The van der Waals surface area contributed by atoms with Crippen molar-refractivity contribution in [3.05, 3.63) is 32.4 Å². The number of likely N-dealkylation sites (tertiary alicyclic amines) is 1. The molecular weight excluding hydrogens is 416 g/mol. The van der Waals surface area contributed by atoms with E-state index in [1.807, 2.05) is 17.0 Å². The van der Waals surface area contributed by atoms with Crippen LogP contribution in [0.4, 0.5) is 0 Å². The minimum Gasteiger partial charge on any atom is -0.338 e. The fourth-order valence-corrected chi connectivity index (χ4v) is 3.24. The lowest BCUT2D eigenvalue weighted by Crippen LogP contribution is -2.29. The van der Waals surface area contributed by atoms with Crippen molar-refractivity contribution in [3.8, 4) is 0 Å². The van der Waals surface area contributed by atoms with Crippen molar-refractivity contribution in [3.63, 3.8) is 0 Å². The molecule has 1 aliphatic rings. The molecule has 1 fully saturated rings. The molecule has 0 aromatic heterocycles. The molecule has 1 aromatic rings. The highest BCUT2D eigenvalue weighted by molar-refractivity contribution is 14.1. The van der Waals surface area contributed by atoms with Crippen molar-refractivity contribution in [1.29, 1.82) is 0 Å². The van der Waals surface area contributed by atoms with Gasteiger partial charge in [0.05, 0.1) is 5.56 Å². The normalized spacial score (nSPS) is 19.7. The third-order valence-electron chi connectivity index (χ3n) is 2.95. The summed E-state index contributed by atoms with van der Waals surface area (Å²) in [5.74, 6) is 0.677. The summed E-state index contributed by atoms with van der Waals surface area (Å²) < 4.78 is 0.958. The molecule has 2 nitrogen and oxygen atoms in total. The third kappa shape index (κ3) is 3.15. The number of halogens is 3. The van der Waals surface area contributed by atoms with Gasteiger partial charge in [-0.1, -0.05) is 27.5 Å². The monoisotopic (exact) mass is 427 g/mol. The van der Waals surface area contributed by atoms with Gasteiger partial charge in [-0.05, 0) is 53.1 Å². The zero-order valence-corrected chi connectivity index (χ0v) is 13.6. The molecule has 0 N–H and O–H groups in total. The average Bonchev–Trinajstić information content (AvgIpc) is 2.80. The van der Waals surface area contributed by atoms with E-state index in [1.165, 1.54) is 0 Å². The van der Waals surface area contributed by atoms with E-state index in [4.69, 9.17) is 11.6 Å². The quantitative estimate of drug-likeness (QED) is 0.518. The Morgan fingerprint density at radius 2 is 2.35 bits per heavy atom. The minimum absolute atomic E-state index is 0.0975. The number of rotatable bonds is 2. The topological polar surface area (TPSA) is 20.3 Å². The Morgan fingerprint density at radius 3 is 3.00 bits per heavy atom. The molecule has 2 rings (SSSR count). The van der Waals surface area contributed by atoms with Gasteiger partial charge in [0, 0.05) is 27.0 Å². The molecule has 1 heterocycles. The summed E-state index contributed by atoms with van der Waals surface area (Å²) in [7, 11) is 0. The molecule has 1 aliphatic heterocycles. The summed E-state index contributed by atoms with van der Waals surface area (Å²) in [6, 6.07) is 5.45. The smallest absolute Gasteiger partial charge is 0.254 e. The van der Waals surface area contributed by atoms with Gasteiger partial charge in [-0.25, -0.2) is 0 Å². The van der Waals surface area contributed by atoms with Crippen molar-refractivity contribution in [2.45, 2.75) is 6.42 Å². The molecule has 0 saturated carbocycles. The van der Waals surface area contributed by atoms with Gasteiger partial charge >= 0.3 is 0 Å². The first-order chi connectivity index (χ1) is 8.11. The van der Waals surface area contributed by atoms with Crippen molar-refractivity contribution >= 4 is 56.0 Å². The number of hydrogen-bond acceptors (Lipinski definition) is 1. The molecular formula is C12H12BrClINO. The highest BCUT2D eigenvalue weighted by atomic mass is 127. The molecule has 92 valence electrons. The van der Waals surface area contributed by atoms with Crippen LogP contribution in [-0.4, -0.2) is 29.2 Å². The van der Waals surface area contributed by atoms with Gasteiger partial charge in [0.1, 0.15) is 0 Å². The maximum atomic E-state index is 12.3. The van der Waals surface area contributed by atoms with Crippen molar-refractivity contribution in [2.24, 2.45) is 5.92 Å². The average molecular weight is 428 g/mol. The molecule has 0 radical (unpaired) electrons. The Hall–Kier alpha value is 0.190. The maximum Gasteiger partial charge on any atom is 0.254 e. The molecule has 1 unspecified atom stereocenters. The second kappa shape index (κ2) is 5.89. The first-order valence-corrected chi connectivity index (χ1v) is 8.00. The summed E-state index contributed by atoms with van der Waals surface area (Å²) in [5, 5.41) is 1.58. The molecule has 0 bridgehead atoms. The zero-order valence-electron chi connectivity index (χ0n) is 9.13. The lowest BCUT2D eigenvalue weighted by atomic mass is 10.2. The Labute approximate surface area is 128 Å². The zero-order chi connectivity index (χ0) is 12.4. The van der Waals surface area contributed by atoms with Crippen molar-refractivity contribution < 1.29 is 4.79 Å². The molecule has 5 heteroatoms. The fraction of sp³-hybridized carbons (Fsp3) is 0.417. The van der Waals surface area contributed by atoms with Crippen LogP contribution in [0.25, 0.3) is 0 Å². The predicted octanol–water partition coefficient (Wildman–Crippen LogP) is 3.80. The number of nitrogens with zero attached hydrogens (tertiary/aromatic N) is 1. The highest BCUT2D eigenvalue weighted by Gasteiger charge is 2.27. The van der Waals surface area contributed by atoms with Gasteiger partial charge in [0.15, 0.2) is 0 Å². The Balaban J connectivity index is 2.17. The Kier molecular flexibility index (Phi) is 4.72. The number of hydrogen-bond donors (Lipinski definition) is 0. The van der Waals surface area contributed by atoms with Crippen LogP contribution in [0.3, 0.4) is 0 Å². The van der Waals surface area contributed by atoms with Crippen LogP contribution in [0.2, 0.25) is 5.02 Å².